The molecule has 2 bridgehead atoms. The molecule has 2 fully saturated rings. The molecular weight excluding hydrogens is 238 g/mol. The molecule has 1 N–H and O–H groups in total. The molecule has 0 aliphatic carbocycles. The maximum absolute atomic E-state index is 8.47. The highest BCUT2D eigenvalue weighted by atomic mass is 16.5. The summed E-state index contributed by atoms with van der Waals surface area (Å²) >= 11 is 0. The van der Waals surface area contributed by atoms with Crippen LogP contribution in [-0.4, -0.2) is 37.2 Å². The number of nitrogens with one attached hydrogen (secondary N) is 1. The monoisotopic (exact) mass is 257 g/mol. The van der Waals surface area contributed by atoms with Crippen molar-refractivity contribution in [1.29, 1.82) is 5.26 Å². The first-order chi connectivity index (χ1) is 9.35. The molecule has 3 rings (SSSR count). The van der Waals surface area contributed by atoms with Crippen LogP contribution in [0.3, 0.4) is 0 Å². The highest BCUT2D eigenvalue weighted by Gasteiger charge is 2.33. The fourth-order valence-corrected chi connectivity index (χ4v) is 3.12. The lowest BCUT2D eigenvalue weighted by atomic mass is 9.94. The molecule has 0 spiro atoms. The molecule has 1 aromatic carbocycles. The first-order valence-electron chi connectivity index (χ1n) is 6.94. The van der Waals surface area contributed by atoms with E-state index in [1.807, 2.05) is 30.3 Å². The first kappa shape index (κ1) is 12.3. The Hall–Kier alpha value is -1.73. The van der Waals surface area contributed by atoms with Crippen LogP contribution in [0.15, 0.2) is 24.3 Å². The number of hydrogen-bond donors (Lipinski definition) is 1. The lowest BCUT2D eigenvalue weighted by Crippen LogP contribution is -2.39. The van der Waals surface area contributed by atoms with Crippen molar-refractivity contribution in [3.63, 3.8) is 0 Å². The zero-order valence-electron chi connectivity index (χ0n) is 11.0. The predicted molar refractivity (Wildman–Crippen MR) is 74.1 cm³/mol. The van der Waals surface area contributed by atoms with E-state index in [1.165, 1.54) is 32.5 Å². The van der Waals surface area contributed by atoms with Gasteiger partial charge in [0.2, 0.25) is 0 Å². The largest absolute Gasteiger partial charge is 0.479 e. The Morgan fingerprint density at radius 2 is 2.05 bits per heavy atom. The van der Waals surface area contributed by atoms with Crippen molar-refractivity contribution < 1.29 is 4.74 Å². The minimum absolute atomic E-state index is 0.104. The normalized spacial score (nSPS) is 28.7. The van der Waals surface area contributed by atoms with Crippen molar-refractivity contribution in [1.82, 2.24) is 4.90 Å². The van der Waals surface area contributed by atoms with Crippen LogP contribution in [-0.2, 0) is 0 Å². The zero-order chi connectivity index (χ0) is 13.1. The molecule has 4 heteroatoms. The number of benzene rings is 1. The molecule has 0 saturated carbocycles. The summed E-state index contributed by atoms with van der Waals surface area (Å²) in [4.78, 5) is 2.56. The molecule has 2 aliphatic rings. The summed E-state index contributed by atoms with van der Waals surface area (Å²) in [6.07, 6.45) is 2.55. The number of nitrogens with zero attached hydrogens (tertiary/aromatic N) is 2. The Morgan fingerprint density at radius 1 is 1.26 bits per heavy atom. The topological polar surface area (TPSA) is 48.3 Å². The Kier molecular flexibility index (Phi) is 3.56. The summed E-state index contributed by atoms with van der Waals surface area (Å²) in [6.45, 7) is 3.84. The van der Waals surface area contributed by atoms with Crippen molar-refractivity contribution in [2.45, 2.75) is 18.9 Å². The molecule has 2 saturated heterocycles. The van der Waals surface area contributed by atoms with E-state index in [4.69, 9.17) is 10.00 Å². The maximum Gasteiger partial charge on any atom is 0.174 e. The number of hydrogen-bond acceptors (Lipinski definition) is 4. The van der Waals surface area contributed by atoms with E-state index < -0.39 is 0 Å². The first-order valence-corrected chi connectivity index (χ1v) is 6.94. The summed E-state index contributed by atoms with van der Waals surface area (Å²) in [5.74, 6) is 1.55. The average molecular weight is 257 g/mol. The molecule has 2 aliphatic heterocycles. The molecule has 3 atom stereocenters. The van der Waals surface area contributed by atoms with E-state index >= 15 is 0 Å². The standard InChI is InChI=1S/C15H19N3O/c16-7-10-19-14-3-1-13(2-4-14)17-15-6-9-18-8-5-12(15)11-18/h1-4,12,15,17H,5-6,8-11H2. The second-order valence-electron chi connectivity index (χ2n) is 5.36. The SMILES string of the molecule is N#CCOc1ccc(NC2CCN3CCC2C3)cc1. The zero-order valence-corrected chi connectivity index (χ0v) is 11.0. The van der Waals surface area contributed by atoms with Crippen molar-refractivity contribution in [3.8, 4) is 11.8 Å². The van der Waals surface area contributed by atoms with Gasteiger partial charge in [-0.1, -0.05) is 0 Å². The van der Waals surface area contributed by atoms with Crippen LogP contribution in [0.5, 0.6) is 5.75 Å². The number of anilines is 1. The molecule has 0 amide bonds. The fourth-order valence-electron chi connectivity index (χ4n) is 3.12. The van der Waals surface area contributed by atoms with Gasteiger partial charge >= 0.3 is 0 Å². The van der Waals surface area contributed by atoms with E-state index in [-0.39, 0.29) is 6.61 Å². The van der Waals surface area contributed by atoms with Crippen LogP contribution < -0.4 is 10.1 Å². The van der Waals surface area contributed by atoms with Crippen molar-refractivity contribution in [2.24, 2.45) is 5.92 Å². The lowest BCUT2D eigenvalue weighted by Gasteiger charge is -2.31. The van der Waals surface area contributed by atoms with Crippen molar-refractivity contribution in [3.05, 3.63) is 24.3 Å². The number of piperidine rings is 1. The molecule has 100 valence electrons. The van der Waals surface area contributed by atoms with E-state index in [1.54, 1.807) is 0 Å². The minimum Gasteiger partial charge on any atom is -0.479 e. The van der Waals surface area contributed by atoms with Crippen LogP contribution in [0.1, 0.15) is 12.8 Å². The van der Waals surface area contributed by atoms with Gasteiger partial charge in [0.1, 0.15) is 11.8 Å². The highest BCUT2D eigenvalue weighted by molar-refractivity contribution is 5.47. The molecule has 0 aromatic heterocycles. The summed E-state index contributed by atoms with van der Waals surface area (Å²) in [5, 5.41) is 12.1. The second kappa shape index (κ2) is 5.50. The van der Waals surface area contributed by atoms with E-state index in [9.17, 15) is 0 Å². The molecule has 1 aromatic rings. The third-order valence-corrected chi connectivity index (χ3v) is 4.14. The Balaban J connectivity index is 1.59. The average Bonchev–Trinajstić information content (AvgIpc) is 2.84. The maximum atomic E-state index is 8.47. The Morgan fingerprint density at radius 3 is 2.84 bits per heavy atom. The van der Waals surface area contributed by atoms with Gasteiger partial charge in [0.05, 0.1) is 0 Å². The third-order valence-electron chi connectivity index (χ3n) is 4.14. The van der Waals surface area contributed by atoms with Gasteiger partial charge in [-0.2, -0.15) is 5.26 Å². The van der Waals surface area contributed by atoms with Gasteiger partial charge in [-0.3, -0.25) is 0 Å². The minimum atomic E-state index is 0.104. The van der Waals surface area contributed by atoms with Gasteiger partial charge in [-0.25, -0.2) is 0 Å². The van der Waals surface area contributed by atoms with Gasteiger partial charge in [0.15, 0.2) is 6.61 Å². The van der Waals surface area contributed by atoms with Crippen LogP contribution in [0.2, 0.25) is 0 Å². The molecule has 19 heavy (non-hydrogen) atoms. The summed E-state index contributed by atoms with van der Waals surface area (Å²) in [5.41, 5.74) is 1.15. The number of rotatable bonds is 4. The molecular formula is C15H19N3O. The fraction of sp³-hybridized carbons (Fsp3) is 0.533. The predicted octanol–water partition coefficient (Wildman–Crippen LogP) is 2.10. The van der Waals surface area contributed by atoms with E-state index in [0.717, 1.165) is 17.4 Å². The second-order valence-corrected chi connectivity index (χ2v) is 5.36. The van der Waals surface area contributed by atoms with Crippen molar-refractivity contribution in [2.75, 3.05) is 31.6 Å². The Labute approximate surface area is 114 Å². The smallest absolute Gasteiger partial charge is 0.174 e. The molecule has 4 nitrogen and oxygen atoms in total. The summed E-state index contributed by atoms with van der Waals surface area (Å²) in [6, 6.07) is 10.5. The van der Waals surface area contributed by atoms with Gasteiger partial charge in [-0.05, 0) is 49.6 Å². The molecule has 0 radical (unpaired) electrons. The van der Waals surface area contributed by atoms with Gasteiger partial charge in [0.25, 0.3) is 0 Å². The number of fused-ring (bicyclic) bond motifs is 2. The van der Waals surface area contributed by atoms with Gasteiger partial charge in [0, 0.05) is 24.8 Å². The quantitative estimate of drug-likeness (QED) is 0.897. The third kappa shape index (κ3) is 2.82. The highest BCUT2D eigenvalue weighted by Crippen LogP contribution is 2.29. The molecule has 3 unspecified atom stereocenters. The van der Waals surface area contributed by atoms with E-state index in [0.29, 0.717) is 6.04 Å². The van der Waals surface area contributed by atoms with Crippen LogP contribution in [0.4, 0.5) is 5.69 Å². The van der Waals surface area contributed by atoms with Crippen molar-refractivity contribution >= 4 is 5.69 Å². The summed E-state index contributed by atoms with van der Waals surface area (Å²) < 4.78 is 5.25. The van der Waals surface area contributed by atoms with Crippen LogP contribution >= 0.6 is 0 Å². The van der Waals surface area contributed by atoms with Gasteiger partial charge in [-0.15, -0.1) is 0 Å². The van der Waals surface area contributed by atoms with Crippen LogP contribution in [0.25, 0.3) is 0 Å². The lowest BCUT2D eigenvalue weighted by molar-refractivity contribution is 0.255. The van der Waals surface area contributed by atoms with Crippen LogP contribution in [0, 0.1) is 17.2 Å². The van der Waals surface area contributed by atoms with E-state index in [2.05, 4.69) is 10.2 Å². The van der Waals surface area contributed by atoms with Gasteiger partial charge < -0.3 is 15.0 Å². The summed E-state index contributed by atoms with van der Waals surface area (Å²) in [7, 11) is 0. The Bertz CT molecular complexity index is 465. The number of nitriles is 1. The molecule has 2 heterocycles. The number of ether oxygens (including phenoxy) is 1.